The lowest BCUT2D eigenvalue weighted by atomic mass is 10.0. The van der Waals surface area contributed by atoms with Crippen molar-refractivity contribution in [1.82, 2.24) is 9.80 Å². The molecule has 0 saturated carbocycles. The Morgan fingerprint density at radius 2 is 1.96 bits per heavy atom. The Balaban J connectivity index is 2.32. The van der Waals surface area contributed by atoms with Gasteiger partial charge in [0.25, 0.3) is 0 Å². The predicted octanol–water partition coefficient (Wildman–Crippen LogP) is 4.90. The summed E-state index contributed by atoms with van der Waals surface area (Å²) >= 11 is 0. The number of aliphatic imine (C=N–C) groups is 1. The second-order valence-electron chi connectivity index (χ2n) is 5.89. The molecule has 0 atom stereocenters. The monoisotopic (exact) mass is 333 g/mol. The Bertz CT molecular complexity index is 749. The Morgan fingerprint density at radius 1 is 1.24 bits per heavy atom. The highest BCUT2D eigenvalue weighted by Crippen LogP contribution is 2.26. The van der Waals surface area contributed by atoms with E-state index < -0.39 is 0 Å². The molecule has 1 aromatic carbocycles. The maximum absolute atomic E-state index is 4.60. The molecule has 0 N–H and O–H groups in total. The van der Waals surface area contributed by atoms with Crippen LogP contribution in [0.4, 0.5) is 0 Å². The molecule has 0 spiro atoms. The number of nitrogens with zero attached hydrogens (tertiary/aromatic N) is 3. The molecule has 0 aliphatic carbocycles. The van der Waals surface area contributed by atoms with Gasteiger partial charge in [0, 0.05) is 32.4 Å². The predicted molar refractivity (Wildman–Crippen MR) is 108 cm³/mol. The van der Waals surface area contributed by atoms with Crippen LogP contribution < -0.4 is 0 Å². The summed E-state index contributed by atoms with van der Waals surface area (Å²) in [6, 6.07) is 10.5. The molecule has 1 aromatic rings. The van der Waals surface area contributed by atoms with Gasteiger partial charge < -0.3 is 9.80 Å². The van der Waals surface area contributed by atoms with Crippen molar-refractivity contribution in [2.24, 2.45) is 4.99 Å². The average molecular weight is 333 g/mol. The number of benzene rings is 1. The maximum atomic E-state index is 4.60. The van der Waals surface area contributed by atoms with Crippen LogP contribution in [-0.2, 0) is 6.54 Å². The van der Waals surface area contributed by atoms with E-state index in [1.807, 2.05) is 51.4 Å². The van der Waals surface area contributed by atoms with Gasteiger partial charge in [0.15, 0.2) is 0 Å². The largest absolute Gasteiger partial charge is 0.357 e. The first kappa shape index (κ1) is 18.5. The van der Waals surface area contributed by atoms with E-state index in [2.05, 4.69) is 64.8 Å². The van der Waals surface area contributed by atoms with Crippen molar-refractivity contribution in [3.63, 3.8) is 0 Å². The topological polar surface area (TPSA) is 18.8 Å². The second-order valence-corrected chi connectivity index (χ2v) is 5.89. The summed E-state index contributed by atoms with van der Waals surface area (Å²) in [5.74, 6) is 2.00. The average Bonchev–Trinajstić information content (AvgIpc) is 2.63. The Hall–Kier alpha value is -2.81. The maximum Gasteiger partial charge on any atom is 0.141 e. The minimum absolute atomic E-state index is 0.840. The van der Waals surface area contributed by atoms with Gasteiger partial charge in [-0.25, -0.2) is 4.99 Å². The van der Waals surface area contributed by atoms with Crippen molar-refractivity contribution in [3.8, 4) is 0 Å². The number of allylic oxidation sites excluding steroid dienone is 7. The van der Waals surface area contributed by atoms with E-state index in [1.165, 1.54) is 5.56 Å². The first-order chi connectivity index (χ1) is 12.1. The summed E-state index contributed by atoms with van der Waals surface area (Å²) in [6.45, 7) is 8.88. The van der Waals surface area contributed by atoms with Gasteiger partial charge in [-0.2, -0.15) is 0 Å². The summed E-state index contributed by atoms with van der Waals surface area (Å²) in [4.78, 5) is 8.95. The lowest BCUT2D eigenvalue weighted by molar-refractivity contribution is 0.295. The van der Waals surface area contributed by atoms with Crippen molar-refractivity contribution in [2.45, 2.75) is 20.4 Å². The zero-order valence-corrected chi connectivity index (χ0v) is 15.6. The van der Waals surface area contributed by atoms with E-state index in [0.29, 0.717) is 0 Å². The minimum Gasteiger partial charge on any atom is -0.357 e. The van der Waals surface area contributed by atoms with Crippen LogP contribution in [0.25, 0.3) is 0 Å². The molecule has 1 heterocycles. The van der Waals surface area contributed by atoms with Crippen molar-refractivity contribution < 1.29 is 0 Å². The van der Waals surface area contributed by atoms with E-state index in [1.54, 1.807) is 0 Å². The molecule has 25 heavy (non-hydrogen) atoms. The van der Waals surface area contributed by atoms with Gasteiger partial charge >= 0.3 is 0 Å². The molecular formula is C22H27N3. The molecule has 0 saturated heterocycles. The highest BCUT2D eigenvalue weighted by atomic mass is 15.3. The van der Waals surface area contributed by atoms with Crippen LogP contribution in [0.5, 0.6) is 0 Å². The van der Waals surface area contributed by atoms with Crippen LogP contribution in [0.15, 0.2) is 95.1 Å². The smallest absolute Gasteiger partial charge is 0.141 e. The van der Waals surface area contributed by atoms with Gasteiger partial charge in [0.05, 0.1) is 0 Å². The van der Waals surface area contributed by atoms with Crippen LogP contribution in [0.2, 0.25) is 0 Å². The van der Waals surface area contributed by atoms with Gasteiger partial charge in [-0.3, -0.25) is 0 Å². The molecule has 3 heteroatoms. The first-order valence-electron chi connectivity index (χ1n) is 8.51. The standard InChI is InChI=1S/C22H27N3/c1-6-12-19(7-2)20(8-3)22-23-16-15-21(25(22)5)24(4)17-18-13-10-9-11-14-18/h6-16H,3,17H2,1-2,4-5H3/b12-6-,19-7+,22-20+. The summed E-state index contributed by atoms with van der Waals surface area (Å²) < 4.78 is 0. The van der Waals surface area contributed by atoms with Crippen molar-refractivity contribution in [1.29, 1.82) is 0 Å². The Morgan fingerprint density at radius 3 is 2.56 bits per heavy atom. The van der Waals surface area contributed by atoms with E-state index >= 15 is 0 Å². The quantitative estimate of drug-likeness (QED) is 0.690. The summed E-state index contributed by atoms with van der Waals surface area (Å²) in [5.41, 5.74) is 3.42. The van der Waals surface area contributed by atoms with Gasteiger partial charge in [-0.15, -0.1) is 0 Å². The molecule has 130 valence electrons. The normalized spacial score (nSPS) is 16.9. The summed E-state index contributed by atoms with van der Waals surface area (Å²) in [7, 11) is 4.15. The van der Waals surface area contributed by atoms with Crippen LogP contribution in [0.1, 0.15) is 19.4 Å². The van der Waals surface area contributed by atoms with E-state index in [4.69, 9.17) is 0 Å². The third kappa shape index (κ3) is 4.38. The fourth-order valence-corrected chi connectivity index (χ4v) is 2.91. The van der Waals surface area contributed by atoms with Gasteiger partial charge in [-0.1, -0.05) is 61.2 Å². The third-order valence-corrected chi connectivity index (χ3v) is 4.15. The van der Waals surface area contributed by atoms with Gasteiger partial charge in [0.1, 0.15) is 11.6 Å². The number of hydrogen-bond acceptors (Lipinski definition) is 3. The SMILES string of the molecule is C=CC(/C(/C=C\C)=C/C)=C1/N=CC=C(N(C)Cc2ccccc2)N1C. The van der Waals surface area contributed by atoms with Crippen LogP contribution in [-0.4, -0.2) is 30.1 Å². The van der Waals surface area contributed by atoms with Crippen LogP contribution >= 0.6 is 0 Å². The minimum atomic E-state index is 0.840. The molecule has 3 nitrogen and oxygen atoms in total. The fourth-order valence-electron chi connectivity index (χ4n) is 2.91. The van der Waals surface area contributed by atoms with Gasteiger partial charge in [-0.05, 0) is 31.1 Å². The van der Waals surface area contributed by atoms with Gasteiger partial charge in [0.2, 0.25) is 0 Å². The number of rotatable bonds is 6. The third-order valence-electron chi connectivity index (χ3n) is 4.15. The van der Waals surface area contributed by atoms with Crippen LogP contribution in [0.3, 0.4) is 0 Å². The molecular weight excluding hydrogens is 306 g/mol. The molecule has 1 aliphatic rings. The van der Waals surface area contributed by atoms with Crippen LogP contribution in [0, 0.1) is 0 Å². The molecule has 2 rings (SSSR count). The molecule has 0 aromatic heterocycles. The number of hydrogen-bond donors (Lipinski definition) is 0. The molecule has 1 aliphatic heterocycles. The van der Waals surface area contributed by atoms with E-state index in [-0.39, 0.29) is 0 Å². The van der Waals surface area contributed by atoms with E-state index in [9.17, 15) is 0 Å². The highest BCUT2D eigenvalue weighted by molar-refractivity contribution is 5.75. The zero-order chi connectivity index (χ0) is 18.2. The molecule has 0 amide bonds. The Labute approximate surface area is 151 Å². The van der Waals surface area contributed by atoms with Crippen molar-refractivity contribution in [3.05, 3.63) is 95.6 Å². The van der Waals surface area contributed by atoms with Crippen molar-refractivity contribution in [2.75, 3.05) is 14.1 Å². The first-order valence-corrected chi connectivity index (χ1v) is 8.51. The molecule has 0 bridgehead atoms. The second kappa shape index (κ2) is 8.88. The molecule has 0 unspecified atom stereocenters. The molecule has 0 fully saturated rings. The summed E-state index contributed by atoms with van der Waals surface area (Å²) in [6.07, 6.45) is 12.0. The fraction of sp³-hybridized carbons (Fsp3) is 0.227. The lowest BCUT2D eigenvalue weighted by Gasteiger charge is -2.33. The highest BCUT2D eigenvalue weighted by Gasteiger charge is 2.19. The lowest BCUT2D eigenvalue weighted by Crippen LogP contribution is -2.32. The summed E-state index contributed by atoms with van der Waals surface area (Å²) in [5, 5.41) is 0. The Kier molecular flexibility index (Phi) is 6.58. The van der Waals surface area contributed by atoms with Crippen molar-refractivity contribution >= 4 is 6.21 Å². The van der Waals surface area contributed by atoms with E-state index in [0.717, 1.165) is 29.3 Å². The molecule has 0 radical (unpaired) electrons. The zero-order valence-electron chi connectivity index (χ0n) is 15.6.